The normalized spacial score (nSPS) is 40.2. The van der Waals surface area contributed by atoms with E-state index >= 15 is 0 Å². The number of allylic oxidation sites excluding steroid dienone is 1. The molecular formula is C12H18O. The highest BCUT2D eigenvalue weighted by atomic mass is 16.1. The van der Waals surface area contributed by atoms with Gasteiger partial charge in [0, 0.05) is 12.8 Å². The van der Waals surface area contributed by atoms with Gasteiger partial charge in [-0.2, -0.15) is 0 Å². The summed E-state index contributed by atoms with van der Waals surface area (Å²) in [6, 6.07) is 0. The van der Waals surface area contributed by atoms with Gasteiger partial charge in [0.1, 0.15) is 5.78 Å². The van der Waals surface area contributed by atoms with Crippen molar-refractivity contribution in [3.05, 3.63) is 12.2 Å². The van der Waals surface area contributed by atoms with E-state index in [0.717, 1.165) is 19.3 Å². The maximum absolute atomic E-state index is 11.4. The molecule has 72 valence electrons. The molecule has 0 heterocycles. The molecule has 0 saturated heterocycles. The van der Waals surface area contributed by atoms with E-state index in [9.17, 15) is 4.79 Å². The number of carbonyl (C=O) groups excluding carboxylic acids is 1. The van der Waals surface area contributed by atoms with E-state index in [-0.39, 0.29) is 5.41 Å². The van der Waals surface area contributed by atoms with Gasteiger partial charge in [-0.05, 0) is 37.0 Å². The molecule has 0 aromatic heterocycles. The number of hydrogen-bond acceptors (Lipinski definition) is 1. The average molecular weight is 178 g/mol. The van der Waals surface area contributed by atoms with Crippen LogP contribution in [0.3, 0.4) is 0 Å². The van der Waals surface area contributed by atoms with Crippen molar-refractivity contribution in [2.75, 3.05) is 0 Å². The first-order chi connectivity index (χ1) is 6.12. The highest BCUT2D eigenvalue weighted by molar-refractivity contribution is 5.80. The molecule has 0 unspecified atom stereocenters. The zero-order valence-electron chi connectivity index (χ0n) is 8.44. The molecule has 0 aromatic rings. The summed E-state index contributed by atoms with van der Waals surface area (Å²) in [7, 11) is 0. The number of fused-ring (bicyclic) bond motifs is 1. The first-order valence-corrected chi connectivity index (χ1v) is 5.31. The molecule has 0 aromatic carbocycles. The van der Waals surface area contributed by atoms with Crippen LogP contribution in [0.25, 0.3) is 0 Å². The molecule has 0 aliphatic heterocycles. The van der Waals surface area contributed by atoms with Gasteiger partial charge in [0.2, 0.25) is 0 Å². The van der Waals surface area contributed by atoms with Crippen LogP contribution in [0.5, 0.6) is 0 Å². The zero-order chi connectivity index (χ0) is 9.47. The number of hydrogen-bond donors (Lipinski definition) is 0. The van der Waals surface area contributed by atoms with Gasteiger partial charge in [-0.15, -0.1) is 0 Å². The second-order valence-corrected chi connectivity index (χ2v) is 4.97. The monoisotopic (exact) mass is 178 g/mol. The maximum atomic E-state index is 11.4. The van der Waals surface area contributed by atoms with E-state index < -0.39 is 0 Å². The Hall–Kier alpha value is -0.590. The van der Waals surface area contributed by atoms with Crippen molar-refractivity contribution in [1.29, 1.82) is 0 Å². The van der Waals surface area contributed by atoms with Crippen LogP contribution >= 0.6 is 0 Å². The zero-order valence-corrected chi connectivity index (χ0v) is 8.44. The minimum Gasteiger partial charge on any atom is -0.300 e. The molecule has 1 nitrogen and oxygen atoms in total. The molecule has 0 radical (unpaired) electrons. The standard InChI is InChI=1S/C12H18O/c1-9-4-3-7-12(2)8-10(13)5-6-11(9)12/h11H,1,3-8H2,2H3/t11-,12+/m1/s1. The van der Waals surface area contributed by atoms with Crippen LogP contribution < -0.4 is 0 Å². The van der Waals surface area contributed by atoms with Gasteiger partial charge in [-0.1, -0.05) is 19.1 Å². The summed E-state index contributed by atoms with van der Waals surface area (Å²) in [5, 5.41) is 0. The van der Waals surface area contributed by atoms with Gasteiger partial charge >= 0.3 is 0 Å². The van der Waals surface area contributed by atoms with Gasteiger partial charge in [0.05, 0.1) is 0 Å². The molecule has 2 saturated carbocycles. The lowest BCUT2D eigenvalue weighted by Gasteiger charge is -2.45. The van der Waals surface area contributed by atoms with Gasteiger partial charge in [0.15, 0.2) is 0 Å². The lowest BCUT2D eigenvalue weighted by atomic mass is 9.59. The largest absolute Gasteiger partial charge is 0.300 e. The Morgan fingerprint density at radius 1 is 1.46 bits per heavy atom. The quantitative estimate of drug-likeness (QED) is 0.521. The molecule has 2 aliphatic carbocycles. The van der Waals surface area contributed by atoms with Crippen LogP contribution in [0.1, 0.15) is 45.4 Å². The van der Waals surface area contributed by atoms with Crippen LogP contribution in [0.4, 0.5) is 0 Å². The van der Waals surface area contributed by atoms with Gasteiger partial charge in [-0.25, -0.2) is 0 Å². The van der Waals surface area contributed by atoms with Crippen LogP contribution in [0.2, 0.25) is 0 Å². The van der Waals surface area contributed by atoms with Crippen molar-refractivity contribution in [2.24, 2.45) is 11.3 Å². The third kappa shape index (κ3) is 1.45. The third-order valence-corrected chi connectivity index (χ3v) is 3.89. The fourth-order valence-electron chi connectivity index (χ4n) is 3.17. The molecule has 1 heteroatoms. The summed E-state index contributed by atoms with van der Waals surface area (Å²) in [5.41, 5.74) is 1.67. The summed E-state index contributed by atoms with van der Waals surface area (Å²) in [6.07, 6.45) is 6.31. The summed E-state index contributed by atoms with van der Waals surface area (Å²) in [6.45, 7) is 6.43. The molecule has 2 fully saturated rings. The Morgan fingerprint density at radius 2 is 2.23 bits per heavy atom. The molecule has 2 atom stereocenters. The minimum absolute atomic E-state index is 0.269. The highest BCUT2D eigenvalue weighted by Crippen LogP contribution is 2.50. The Balaban J connectivity index is 2.22. The Bertz CT molecular complexity index is 254. The van der Waals surface area contributed by atoms with Gasteiger partial charge < -0.3 is 0 Å². The molecular weight excluding hydrogens is 160 g/mol. The van der Waals surface area contributed by atoms with E-state index in [2.05, 4.69) is 13.5 Å². The molecule has 0 bridgehead atoms. The van der Waals surface area contributed by atoms with Crippen LogP contribution in [0.15, 0.2) is 12.2 Å². The second-order valence-electron chi connectivity index (χ2n) is 4.97. The number of rotatable bonds is 0. The molecule has 0 spiro atoms. The topological polar surface area (TPSA) is 17.1 Å². The summed E-state index contributed by atoms with van der Waals surface area (Å²) in [5.74, 6) is 1.10. The highest BCUT2D eigenvalue weighted by Gasteiger charge is 2.42. The molecule has 13 heavy (non-hydrogen) atoms. The fraction of sp³-hybridized carbons (Fsp3) is 0.750. The lowest BCUT2D eigenvalue weighted by molar-refractivity contribution is -0.125. The Morgan fingerprint density at radius 3 is 3.00 bits per heavy atom. The smallest absolute Gasteiger partial charge is 0.133 e. The number of carbonyl (C=O) groups is 1. The van der Waals surface area contributed by atoms with E-state index in [1.54, 1.807) is 0 Å². The van der Waals surface area contributed by atoms with Crippen molar-refractivity contribution in [3.63, 3.8) is 0 Å². The predicted octanol–water partition coefficient (Wildman–Crippen LogP) is 3.10. The van der Waals surface area contributed by atoms with Crippen LogP contribution in [-0.2, 0) is 4.79 Å². The summed E-state index contributed by atoms with van der Waals surface area (Å²) >= 11 is 0. The van der Waals surface area contributed by atoms with Crippen molar-refractivity contribution >= 4 is 5.78 Å². The predicted molar refractivity (Wildman–Crippen MR) is 53.4 cm³/mol. The number of ketones is 1. The molecule has 2 aliphatic rings. The molecule has 0 N–H and O–H groups in total. The van der Waals surface area contributed by atoms with Crippen molar-refractivity contribution in [3.8, 4) is 0 Å². The van der Waals surface area contributed by atoms with Crippen molar-refractivity contribution in [2.45, 2.75) is 45.4 Å². The summed E-state index contributed by atoms with van der Waals surface area (Å²) in [4.78, 5) is 11.4. The van der Waals surface area contributed by atoms with Crippen molar-refractivity contribution < 1.29 is 4.79 Å². The van der Waals surface area contributed by atoms with E-state index in [1.807, 2.05) is 0 Å². The minimum atomic E-state index is 0.269. The van der Waals surface area contributed by atoms with Crippen molar-refractivity contribution in [1.82, 2.24) is 0 Å². The second kappa shape index (κ2) is 2.97. The van der Waals surface area contributed by atoms with E-state index in [0.29, 0.717) is 11.7 Å². The fourth-order valence-corrected chi connectivity index (χ4v) is 3.17. The molecule has 2 rings (SSSR count). The Labute approximate surface area is 80.2 Å². The Kier molecular flexibility index (Phi) is 2.05. The summed E-state index contributed by atoms with van der Waals surface area (Å²) < 4.78 is 0. The van der Waals surface area contributed by atoms with Gasteiger partial charge in [0.25, 0.3) is 0 Å². The maximum Gasteiger partial charge on any atom is 0.133 e. The first-order valence-electron chi connectivity index (χ1n) is 5.31. The lowest BCUT2D eigenvalue weighted by Crippen LogP contribution is -2.38. The van der Waals surface area contributed by atoms with Crippen LogP contribution in [0, 0.1) is 11.3 Å². The number of Topliss-reactive ketones (excluding diaryl/α,β-unsaturated/α-hetero) is 1. The molecule has 0 amide bonds. The first kappa shape index (κ1) is 8.98. The third-order valence-electron chi connectivity index (χ3n) is 3.89. The van der Waals surface area contributed by atoms with E-state index in [1.165, 1.54) is 24.8 Å². The SMILES string of the molecule is C=C1CCC[C@@]2(C)CC(=O)CC[C@H]12. The van der Waals surface area contributed by atoms with E-state index in [4.69, 9.17) is 0 Å². The van der Waals surface area contributed by atoms with Crippen LogP contribution in [-0.4, -0.2) is 5.78 Å². The average Bonchev–Trinajstić information content (AvgIpc) is 2.02. The van der Waals surface area contributed by atoms with Gasteiger partial charge in [-0.3, -0.25) is 4.79 Å².